The molecule has 0 atom stereocenters. The van der Waals surface area contributed by atoms with Crippen molar-refractivity contribution in [2.24, 2.45) is 0 Å². The summed E-state index contributed by atoms with van der Waals surface area (Å²) < 4.78 is 18.1. The van der Waals surface area contributed by atoms with Crippen molar-refractivity contribution < 1.29 is 13.3 Å². The lowest BCUT2D eigenvalue weighted by Gasteiger charge is -2.28. The fourth-order valence-corrected chi connectivity index (χ4v) is 9.94. The summed E-state index contributed by atoms with van der Waals surface area (Å²) in [7, 11) is -3.40. The van der Waals surface area contributed by atoms with Crippen LogP contribution in [-0.4, -0.2) is 37.2 Å². The second-order valence-corrected chi connectivity index (χ2v) is 12.4. The highest BCUT2D eigenvalue weighted by molar-refractivity contribution is 7.16. The maximum Gasteiger partial charge on any atom is 0.467 e. The SMILES string of the molecule is CCO[Si](OCC)(OCC)[SiH2]C=C(c1ccccc1)c1ccccc1. The van der Waals surface area contributed by atoms with Gasteiger partial charge >= 0.3 is 8.32 Å². The Labute approximate surface area is 154 Å². The van der Waals surface area contributed by atoms with E-state index >= 15 is 0 Å². The molecule has 0 unspecified atom stereocenters. The first-order valence-corrected chi connectivity index (χ1v) is 13.8. The zero-order chi connectivity index (χ0) is 18.0. The minimum absolute atomic E-state index is 0.624. The first-order chi connectivity index (χ1) is 12.2. The van der Waals surface area contributed by atoms with Crippen LogP contribution in [0.4, 0.5) is 0 Å². The maximum atomic E-state index is 6.04. The average molecular weight is 373 g/mol. The highest BCUT2D eigenvalue weighted by Crippen LogP contribution is 2.23. The maximum absolute atomic E-state index is 6.04. The third-order valence-corrected chi connectivity index (χ3v) is 11.1. The third-order valence-electron chi connectivity index (χ3n) is 3.82. The Hall–Kier alpha value is -1.51. The van der Waals surface area contributed by atoms with Crippen molar-refractivity contribution >= 4 is 22.9 Å². The summed E-state index contributed by atoms with van der Waals surface area (Å²) in [5.74, 6) is 0. The van der Waals surface area contributed by atoms with Crippen molar-refractivity contribution in [3.63, 3.8) is 0 Å². The van der Waals surface area contributed by atoms with Gasteiger partial charge in [0.15, 0.2) is 0 Å². The zero-order valence-corrected chi connectivity index (χ0v) is 17.8. The summed E-state index contributed by atoms with van der Waals surface area (Å²) in [4.78, 5) is 0. The largest absolute Gasteiger partial charge is 0.467 e. The Morgan fingerprint density at radius 1 is 0.760 bits per heavy atom. The minimum atomic E-state index is -2.56. The first kappa shape index (κ1) is 19.8. The van der Waals surface area contributed by atoms with Crippen molar-refractivity contribution in [3.05, 3.63) is 77.5 Å². The fourth-order valence-electron chi connectivity index (χ4n) is 2.83. The standard InChI is InChI=1S/C20H28O3Si2/c1-4-21-25(22-5-2,23-6-3)24-17-20(18-13-9-7-10-14-18)19-15-11-8-12-16-19/h7-17H,4-6,24H2,1-3H3. The van der Waals surface area contributed by atoms with Gasteiger partial charge in [-0.25, -0.2) is 0 Å². The molecule has 5 heteroatoms. The van der Waals surface area contributed by atoms with E-state index in [0.29, 0.717) is 19.8 Å². The van der Waals surface area contributed by atoms with Gasteiger partial charge < -0.3 is 13.3 Å². The second kappa shape index (κ2) is 10.5. The molecule has 0 radical (unpaired) electrons. The van der Waals surface area contributed by atoms with E-state index in [2.05, 4.69) is 54.2 Å². The van der Waals surface area contributed by atoms with Crippen LogP contribution in [-0.2, 0) is 13.3 Å². The Balaban J connectivity index is 2.38. The van der Waals surface area contributed by atoms with E-state index in [-0.39, 0.29) is 0 Å². The summed E-state index contributed by atoms with van der Waals surface area (Å²) in [5.41, 5.74) is 6.02. The molecule has 0 amide bonds. The molecule has 2 aromatic rings. The summed E-state index contributed by atoms with van der Waals surface area (Å²) in [6.45, 7) is 7.89. The summed E-state index contributed by atoms with van der Waals surface area (Å²) in [5, 5.41) is 0. The van der Waals surface area contributed by atoms with Crippen LogP contribution in [0.3, 0.4) is 0 Å². The van der Waals surface area contributed by atoms with E-state index in [1.54, 1.807) is 0 Å². The van der Waals surface area contributed by atoms with Crippen LogP contribution in [0.2, 0.25) is 0 Å². The second-order valence-electron chi connectivity index (χ2n) is 5.54. The normalized spacial score (nSPS) is 11.8. The molecule has 0 fully saturated rings. The molecule has 134 valence electrons. The van der Waals surface area contributed by atoms with E-state index in [4.69, 9.17) is 13.3 Å². The fraction of sp³-hybridized carbons (Fsp3) is 0.300. The van der Waals surface area contributed by atoms with Crippen LogP contribution in [0.1, 0.15) is 31.9 Å². The van der Waals surface area contributed by atoms with E-state index in [9.17, 15) is 0 Å². The van der Waals surface area contributed by atoms with E-state index in [1.165, 1.54) is 16.7 Å². The van der Waals surface area contributed by atoms with E-state index in [1.807, 2.05) is 32.9 Å². The molecule has 0 aliphatic carbocycles. The van der Waals surface area contributed by atoms with Gasteiger partial charge in [0.05, 0.1) is 0 Å². The van der Waals surface area contributed by atoms with Crippen LogP contribution in [0, 0.1) is 0 Å². The molecule has 0 bridgehead atoms. The molecule has 3 nitrogen and oxygen atoms in total. The lowest BCUT2D eigenvalue weighted by atomic mass is 10.00. The van der Waals surface area contributed by atoms with Crippen molar-refractivity contribution in [1.29, 1.82) is 0 Å². The number of hydrogen-bond donors (Lipinski definition) is 0. The van der Waals surface area contributed by atoms with Gasteiger partial charge in [0.2, 0.25) is 0 Å². The molecule has 2 rings (SSSR count). The van der Waals surface area contributed by atoms with Crippen LogP contribution >= 0.6 is 0 Å². The predicted octanol–water partition coefficient (Wildman–Crippen LogP) is 3.79. The Kier molecular flexibility index (Phi) is 8.30. The molecular formula is C20H28O3Si2. The monoisotopic (exact) mass is 372 g/mol. The van der Waals surface area contributed by atoms with E-state index < -0.39 is 17.4 Å². The minimum Gasteiger partial charge on any atom is -0.377 e. The van der Waals surface area contributed by atoms with Gasteiger partial charge in [0.25, 0.3) is 0 Å². The quantitative estimate of drug-likeness (QED) is 0.594. The lowest BCUT2D eigenvalue weighted by molar-refractivity contribution is 0.0933. The first-order valence-electron chi connectivity index (χ1n) is 8.97. The Morgan fingerprint density at radius 2 is 1.16 bits per heavy atom. The number of rotatable bonds is 10. The topological polar surface area (TPSA) is 27.7 Å². The van der Waals surface area contributed by atoms with Gasteiger partial charge in [0.1, 0.15) is 9.04 Å². The van der Waals surface area contributed by atoms with Gasteiger partial charge in [-0.2, -0.15) is 0 Å². The molecule has 0 saturated carbocycles. The van der Waals surface area contributed by atoms with Gasteiger partial charge in [0, 0.05) is 19.8 Å². The van der Waals surface area contributed by atoms with Gasteiger partial charge in [-0.1, -0.05) is 66.4 Å². The molecule has 0 aliphatic rings. The van der Waals surface area contributed by atoms with Gasteiger partial charge in [-0.15, -0.1) is 0 Å². The molecule has 0 saturated heterocycles. The summed E-state index contributed by atoms with van der Waals surface area (Å²) in [6, 6.07) is 21.0. The molecule has 2 aromatic carbocycles. The van der Waals surface area contributed by atoms with Crippen molar-refractivity contribution in [3.8, 4) is 0 Å². The third kappa shape index (κ3) is 5.76. The highest BCUT2D eigenvalue weighted by atomic mass is 29.2. The van der Waals surface area contributed by atoms with Gasteiger partial charge in [-0.3, -0.25) is 0 Å². The Bertz CT molecular complexity index is 586. The van der Waals surface area contributed by atoms with Crippen LogP contribution in [0.5, 0.6) is 0 Å². The molecule has 0 spiro atoms. The van der Waals surface area contributed by atoms with Crippen LogP contribution < -0.4 is 0 Å². The molecule has 25 heavy (non-hydrogen) atoms. The average Bonchev–Trinajstić information content (AvgIpc) is 2.64. The van der Waals surface area contributed by atoms with Crippen molar-refractivity contribution in [2.75, 3.05) is 19.8 Å². The predicted molar refractivity (Wildman–Crippen MR) is 109 cm³/mol. The van der Waals surface area contributed by atoms with Crippen LogP contribution in [0.15, 0.2) is 66.4 Å². The van der Waals surface area contributed by atoms with Crippen molar-refractivity contribution in [2.45, 2.75) is 20.8 Å². The van der Waals surface area contributed by atoms with Crippen molar-refractivity contribution in [1.82, 2.24) is 0 Å². The molecule has 0 N–H and O–H groups in total. The van der Waals surface area contributed by atoms with E-state index in [0.717, 1.165) is 0 Å². The smallest absolute Gasteiger partial charge is 0.377 e. The molecule has 0 aliphatic heterocycles. The number of benzene rings is 2. The highest BCUT2D eigenvalue weighted by Gasteiger charge is 2.39. The zero-order valence-electron chi connectivity index (χ0n) is 15.4. The molecular weight excluding hydrogens is 344 g/mol. The van der Waals surface area contributed by atoms with Crippen LogP contribution in [0.25, 0.3) is 5.57 Å². The number of hydrogen-bond acceptors (Lipinski definition) is 3. The summed E-state index contributed by atoms with van der Waals surface area (Å²) >= 11 is 0. The molecule has 0 heterocycles. The molecule has 0 aromatic heterocycles. The Morgan fingerprint density at radius 3 is 1.52 bits per heavy atom. The summed E-state index contributed by atoms with van der Waals surface area (Å²) in [6.07, 6.45) is 0. The lowest BCUT2D eigenvalue weighted by Crippen LogP contribution is -2.51. The van der Waals surface area contributed by atoms with Gasteiger partial charge in [-0.05, 0) is 37.5 Å².